The number of thioether (sulfide) groups is 1. The van der Waals surface area contributed by atoms with E-state index < -0.39 is 5.60 Å². The zero-order chi connectivity index (χ0) is 8.77. The Morgan fingerprint density at radius 3 is 2.92 bits per heavy atom. The highest BCUT2D eigenvalue weighted by atomic mass is 32.2. The summed E-state index contributed by atoms with van der Waals surface area (Å²) in [6.45, 7) is 3.65. The van der Waals surface area contributed by atoms with Gasteiger partial charge in [-0.05, 0) is 0 Å². The van der Waals surface area contributed by atoms with Gasteiger partial charge in [0.1, 0.15) is 5.60 Å². The van der Waals surface area contributed by atoms with Crippen LogP contribution >= 0.6 is 11.8 Å². The van der Waals surface area contributed by atoms with Gasteiger partial charge < -0.3 is 10.5 Å². The molecule has 2 N–H and O–H groups in total. The molecule has 2 saturated heterocycles. The van der Waals surface area contributed by atoms with Crippen LogP contribution in [0.1, 0.15) is 6.42 Å². The maximum absolute atomic E-state index is 11.1. The molecule has 0 bridgehead atoms. The lowest BCUT2D eigenvalue weighted by molar-refractivity contribution is -0.145. The van der Waals surface area contributed by atoms with Gasteiger partial charge in [0.2, 0.25) is 0 Å². The van der Waals surface area contributed by atoms with Crippen molar-refractivity contribution in [2.75, 3.05) is 11.5 Å². The highest BCUT2D eigenvalue weighted by molar-refractivity contribution is 7.99. The molecule has 2 rings (SSSR count). The molecular weight excluding hydrogens is 174 g/mol. The first-order chi connectivity index (χ1) is 5.64. The van der Waals surface area contributed by atoms with Gasteiger partial charge in [-0.15, -0.1) is 0 Å². The van der Waals surface area contributed by atoms with Gasteiger partial charge >= 0.3 is 5.97 Å². The zero-order valence-corrected chi connectivity index (χ0v) is 7.52. The van der Waals surface area contributed by atoms with Crippen LogP contribution in [0.2, 0.25) is 0 Å². The molecule has 12 heavy (non-hydrogen) atoms. The van der Waals surface area contributed by atoms with Crippen molar-refractivity contribution < 1.29 is 9.53 Å². The second-order valence-electron chi connectivity index (χ2n) is 3.36. The predicted octanol–water partition coefficient (Wildman–Crippen LogP) is 0.302. The average molecular weight is 185 g/mol. The molecule has 2 atom stereocenters. The van der Waals surface area contributed by atoms with Crippen LogP contribution in [-0.2, 0) is 9.53 Å². The highest BCUT2D eigenvalue weighted by Gasteiger charge is 2.50. The second kappa shape index (κ2) is 2.50. The lowest BCUT2D eigenvalue weighted by Crippen LogP contribution is -2.46. The van der Waals surface area contributed by atoms with Gasteiger partial charge in [-0.25, -0.2) is 4.79 Å². The number of hydrogen-bond acceptors (Lipinski definition) is 4. The van der Waals surface area contributed by atoms with Crippen molar-refractivity contribution in [3.8, 4) is 0 Å². The summed E-state index contributed by atoms with van der Waals surface area (Å²) >= 11 is 1.74. The fourth-order valence-corrected chi connectivity index (χ4v) is 3.03. The van der Waals surface area contributed by atoms with Gasteiger partial charge in [0.15, 0.2) is 0 Å². The Labute approximate surface area is 75.3 Å². The Morgan fingerprint density at radius 1 is 1.75 bits per heavy atom. The lowest BCUT2D eigenvalue weighted by Gasteiger charge is -2.24. The molecule has 2 fully saturated rings. The minimum absolute atomic E-state index is 0.0225. The summed E-state index contributed by atoms with van der Waals surface area (Å²) in [6.07, 6.45) is 0.611. The van der Waals surface area contributed by atoms with Gasteiger partial charge in [0.05, 0.1) is 6.04 Å². The topological polar surface area (TPSA) is 52.3 Å². The van der Waals surface area contributed by atoms with Crippen molar-refractivity contribution >= 4 is 17.7 Å². The molecular formula is C8H11NO2S. The number of rotatable bonds is 0. The molecule has 2 aliphatic heterocycles. The van der Waals surface area contributed by atoms with Crippen LogP contribution in [0.15, 0.2) is 12.2 Å². The van der Waals surface area contributed by atoms with E-state index in [4.69, 9.17) is 10.5 Å². The van der Waals surface area contributed by atoms with Crippen molar-refractivity contribution in [1.29, 1.82) is 0 Å². The maximum Gasteiger partial charge on any atom is 0.334 e. The summed E-state index contributed by atoms with van der Waals surface area (Å²) in [7, 11) is 0. The predicted molar refractivity (Wildman–Crippen MR) is 47.9 cm³/mol. The minimum atomic E-state index is -0.418. The fraction of sp³-hybridized carbons (Fsp3) is 0.625. The maximum atomic E-state index is 11.1. The molecule has 0 radical (unpaired) electrons. The molecule has 0 aromatic carbocycles. The van der Waals surface area contributed by atoms with Crippen molar-refractivity contribution in [1.82, 2.24) is 0 Å². The summed E-state index contributed by atoms with van der Waals surface area (Å²) in [5.41, 5.74) is 6.01. The van der Waals surface area contributed by atoms with Crippen LogP contribution in [0, 0.1) is 0 Å². The minimum Gasteiger partial charge on any atom is -0.453 e. The first-order valence-corrected chi connectivity index (χ1v) is 5.04. The van der Waals surface area contributed by atoms with Crippen LogP contribution < -0.4 is 5.73 Å². The van der Waals surface area contributed by atoms with Crippen LogP contribution in [0.4, 0.5) is 0 Å². The first kappa shape index (κ1) is 8.13. The van der Waals surface area contributed by atoms with Crippen LogP contribution in [0.25, 0.3) is 0 Å². The Hall–Kier alpha value is -0.480. The van der Waals surface area contributed by atoms with Crippen molar-refractivity contribution in [3.05, 3.63) is 12.2 Å². The van der Waals surface area contributed by atoms with Crippen molar-refractivity contribution in [2.45, 2.75) is 18.1 Å². The first-order valence-electron chi connectivity index (χ1n) is 3.88. The molecule has 2 heterocycles. The van der Waals surface area contributed by atoms with Gasteiger partial charge in [-0.2, -0.15) is 11.8 Å². The number of esters is 1. The monoisotopic (exact) mass is 185 g/mol. The van der Waals surface area contributed by atoms with E-state index in [2.05, 4.69) is 6.58 Å². The third-order valence-electron chi connectivity index (χ3n) is 2.42. The molecule has 66 valence electrons. The third-order valence-corrected chi connectivity index (χ3v) is 3.70. The summed E-state index contributed by atoms with van der Waals surface area (Å²) in [6, 6.07) is -0.0225. The number of ether oxygens (including phenoxy) is 1. The van der Waals surface area contributed by atoms with Crippen LogP contribution in [0.5, 0.6) is 0 Å². The molecule has 0 aliphatic carbocycles. The largest absolute Gasteiger partial charge is 0.453 e. The lowest BCUT2D eigenvalue weighted by atomic mass is 9.94. The Balaban J connectivity index is 2.24. The van der Waals surface area contributed by atoms with Gasteiger partial charge in [0, 0.05) is 23.5 Å². The highest BCUT2D eigenvalue weighted by Crippen LogP contribution is 2.40. The molecule has 0 aromatic rings. The normalized spacial score (nSPS) is 40.9. The van der Waals surface area contributed by atoms with Gasteiger partial charge in [-0.3, -0.25) is 0 Å². The Bertz CT molecular complexity index is 235. The smallest absolute Gasteiger partial charge is 0.334 e. The summed E-state index contributed by atoms with van der Waals surface area (Å²) < 4.78 is 5.25. The molecule has 0 aromatic heterocycles. The average Bonchev–Trinajstić information content (AvgIpc) is 2.45. The third kappa shape index (κ3) is 0.983. The Morgan fingerprint density at radius 2 is 2.50 bits per heavy atom. The van der Waals surface area contributed by atoms with E-state index in [9.17, 15) is 4.79 Å². The van der Waals surface area contributed by atoms with E-state index in [1.165, 1.54) is 0 Å². The Kier molecular flexibility index (Phi) is 1.70. The van der Waals surface area contributed by atoms with E-state index in [0.29, 0.717) is 12.0 Å². The van der Waals surface area contributed by atoms with Crippen LogP contribution in [-0.4, -0.2) is 29.1 Å². The molecule has 2 unspecified atom stereocenters. The van der Waals surface area contributed by atoms with Crippen molar-refractivity contribution in [3.63, 3.8) is 0 Å². The molecule has 3 nitrogen and oxygen atoms in total. The van der Waals surface area contributed by atoms with Crippen LogP contribution in [0.3, 0.4) is 0 Å². The summed E-state index contributed by atoms with van der Waals surface area (Å²) in [4.78, 5) is 11.1. The van der Waals surface area contributed by atoms with E-state index in [0.717, 1.165) is 11.5 Å². The summed E-state index contributed by atoms with van der Waals surface area (Å²) in [5, 5.41) is 0. The quantitative estimate of drug-likeness (QED) is 0.435. The number of nitrogens with two attached hydrogens (primary N) is 1. The van der Waals surface area contributed by atoms with E-state index in [-0.39, 0.29) is 12.0 Å². The standard InChI is InChI=1S/C8H11NO2S/c1-5-2-8(11-7(5)10)4-12-3-6(8)9/h6H,1-4,9H2. The molecule has 0 saturated carbocycles. The van der Waals surface area contributed by atoms with Gasteiger partial charge in [0.25, 0.3) is 0 Å². The number of hydrogen-bond donors (Lipinski definition) is 1. The zero-order valence-electron chi connectivity index (χ0n) is 6.71. The molecule has 2 aliphatic rings. The summed E-state index contributed by atoms with van der Waals surface area (Å²) in [5.74, 6) is 1.42. The molecule has 0 amide bonds. The van der Waals surface area contributed by atoms with E-state index in [1.54, 1.807) is 11.8 Å². The molecule has 4 heteroatoms. The second-order valence-corrected chi connectivity index (χ2v) is 4.39. The molecule has 1 spiro atoms. The fourth-order valence-electron chi connectivity index (χ4n) is 1.63. The van der Waals surface area contributed by atoms with E-state index in [1.807, 2.05) is 0 Å². The number of carbonyl (C=O) groups is 1. The number of carbonyl (C=O) groups excluding carboxylic acids is 1. The van der Waals surface area contributed by atoms with Gasteiger partial charge in [-0.1, -0.05) is 6.58 Å². The van der Waals surface area contributed by atoms with Crippen molar-refractivity contribution in [2.24, 2.45) is 5.73 Å². The SMILES string of the molecule is C=C1CC2(CSCC2N)OC1=O. The van der Waals surface area contributed by atoms with E-state index >= 15 is 0 Å².